The maximum absolute atomic E-state index is 12.3. The van der Waals surface area contributed by atoms with E-state index in [9.17, 15) is 13.5 Å². The second-order valence-electron chi connectivity index (χ2n) is 5.09. The summed E-state index contributed by atoms with van der Waals surface area (Å²) in [7, 11) is -3.43. The highest BCUT2D eigenvalue weighted by atomic mass is 32.2. The lowest BCUT2D eigenvalue weighted by Crippen LogP contribution is -2.44. The predicted molar refractivity (Wildman–Crippen MR) is 83.1 cm³/mol. The molecule has 0 amide bonds. The van der Waals surface area contributed by atoms with E-state index in [4.69, 9.17) is 10.5 Å². The standard InChI is InChI=1S/C16H15N3O3S/c17-11-16(12-18,13-20)19-8-6-14(7-9-19)10-23(21,22)15-4-2-1-3-5-15/h1-9,14,20H,10,13H2. The van der Waals surface area contributed by atoms with E-state index in [1.54, 1.807) is 54.6 Å². The number of rotatable bonds is 5. The highest BCUT2D eigenvalue weighted by Gasteiger charge is 2.35. The number of hydrogen-bond acceptors (Lipinski definition) is 6. The van der Waals surface area contributed by atoms with Crippen molar-refractivity contribution in [3.63, 3.8) is 0 Å². The van der Waals surface area contributed by atoms with Crippen LogP contribution < -0.4 is 0 Å². The summed E-state index contributed by atoms with van der Waals surface area (Å²) < 4.78 is 24.6. The molecular weight excluding hydrogens is 314 g/mol. The Morgan fingerprint density at radius 1 is 1.13 bits per heavy atom. The third-order valence-corrected chi connectivity index (χ3v) is 5.36. The van der Waals surface area contributed by atoms with Gasteiger partial charge in [-0.25, -0.2) is 8.42 Å². The van der Waals surface area contributed by atoms with Crippen LogP contribution in [0.15, 0.2) is 59.8 Å². The van der Waals surface area contributed by atoms with Gasteiger partial charge in [0.1, 0.15) is 12.1 Å². The Hall–Kier alpha value is -2.61. The van der Waals surface area contributed by atoms with Crippen LogP contribution in [0.2, 0.25) is 0 Å². The first-order valence-corrected chi connectivity index (χ1v) is 8.49. The molecule has 0 aromatic heterocycles. The monoisotopic (exact) mass is 329 g/mol. The van der Waals surface area contributed by atoms with Crippen molar-refractivity contribution in [3.05, 3.63) is 54.9 Å². The Morgan fingerprint density at radius 2 is 1.70 bits per heavy atom. The van der Waals surface area contributed by atoms with Gasteiger partial charge in [-0.2, -0.15) is 10.5 Å². The number of hydrogen-bond donors (Lipinski definition) is 1. The van der Waals surface area contributed by atoms with E-state index in [0.717, 1.165) is 0 Å². The first-order chi connectivity index (χ1) is 11.0. The van der Waals surface area contributed by atoms with Gasteiger partial charge in [-0.3, -0.25) is 0 Å². The Labute approximate surface area is 135 Å². The molecule has 0 bridgehead atoms. The van der Waals surface area contributed by atoms with Gasteiger partial charge < -0.3 is 10.0 Å². The maximum Gasteiger partial charge on any atom is 0.241 e. The molecule has 1 aliphatic heterocycles. The number of aliphatic hydroxyl groups excluding tert-OH is 1. The lowest BCUT2D eigenvalue weighted by atomic mass is 10.0. The van der Waals surface area contributed by atoms with Gasteiger partial charge in [0.2, 0.25) is 5.54 Å². The molecule has 7 heteroatoms. The van der Waals surface area contributed by atoms with E-state index in [-0.39, 0.29) is 16.6 Å². The zero-order chi connectivity index (χ0) is 16.9. The van der Waals surface area contributed by atoms with E-state index in [2.05, 4.69) is 0 Å². The molecular formula is C16H15N3O3S. The molecule has 1 aromatic carbocycles. The van der Waals surface area contributed by atoms with Crippen LogP contribution in [0.25, 0.3) is 0 Å². The van der Waals surface area contributed by atoms with Crippen LogP contribution in [0.3, 0.4) is 0 Å². The minimum absolute atomic E-state index is 0.108. The Kier molecular flexibility index (Phi) is 4.85. The molecule has 118 valence electrons. The molecule has 1 aliphatic rings. The summed E-state index contributed by atoms with van der Waals surface area (Å²) in [4.78, 5) is 1.53. The van der Waals surface area contributed by atoms with Crippen molar-refractivity contribution in [2.75, 3.05) is 12.4 Å². The molecule has 0 saturated heterocycles. The second-order valence-corrected chi connectivity index (χ2v) is 7.12. The Bertz CT molecular complexity index is 773. The number of benzene rings is 1. The minimum atomic E-state index is -3.43. The van der Waals surface area contributed by atoms with Crippen molar-refractivity contribution in [3.8, 4) is 12.1 Å². The van der Waals surface area contributed by atoms with Gasteiger partial charge in [0, 0.05) is 18.3 Å². The van der Waals surface area contributed by atoms with Gasteiger partial charge in [-0.05, 0) is 12.1 Å². The summed E-state index contributed by atoms with van der Waals surface area (Å²) in [5, 5.41) is 27.5. The molecule has 1 aromatic rings. The molecule has 0 unspecified atom stereocenters. The van der Waals surface area contributed by atoms with Crippen molar-refractivity contribution < 1.29 is 13.5 Å². The molecule has 0 saturated carbocycles. The lowest BCUT2D eigenvalue weighted by molar-refractivity contribution is 0.183. The van der Waals surface area contributed by atoms with Crippen molar-refractivity contribution in [1.29, 1.82) is 10.5 Å². The molecule has 0 spiro atoms. The molecule has 0 fully saturated rings. The van der Waals surface area contributed by atoms with Crippen molar-refractivity contribution in [2.24, 2.45) is 5.92 Å². The molecule has 0 aliphatic carbocycles. The lowest BCUT2D eigenvalue weighted by Gasteiger charge is -2.30. The van der Waals surface area contributed by atoms with E-state index in [1.165, 1.54) is 17.3 Å². The smallest absolute Gasteiger partial charge is 0.241 e. The Balaban J connectivity index is 2.14. The zero-order valence-corrected chi connectivity index (χ0v) is 13.0. The quantitative estimate of drug-likeness (QED) is 0.870. The topological polar surface area (TPSA) is 105 Å². The molecule has 2 rings (SSSR count). The van der Waals surface area contributed by atoms with Gasteiger partial charge in [-0.15, -0.1) is 0 Å². The van der Waals surface area contributed by atoms with E-state index in [0.29, 0.717) is 0 Å². The minimum Gasteiger partial charge on any atom is -0.392 e. The molecule has 0 radical (unpaired) electrons. The van der Waals surface area contributed by atoms with Crippen LogP contribution in [-0.2, 0) is 9.84 Å². The number of aliphatic hydroxyl groups is 1. The molecule has 1 N–H and O–H groups in total. The molecule has 1 heterocycles. The average Bonchev–Trinajstić information content (AvgIpc) is 2.59. The molecule has 0 atom stereocenters. The number of allylic oxidation sites excluding steroid dienone is 2. The summed E-state index contributed by atoms with van der Waals surface area (Å²) in [6.07, 6.45) is 6.10. The SMILES string of the molecule is N#CC(C#N)(CO)N1C=CC(CS(=O)(=O)c2ccccc2)C=C1. The summed E-state index contributed by atoms with van der Waals surface area (Å²) in [6.45, 7) is -0.651. The van der Waals surface area contributed by atoms with Gasteiger partial charge in [0.05, 0.1) is 17.3 Å². The first kappa shape index (κ1) is 16.8. The van der Waals surface area contributed by atoms with E-state index in [1.807, 2.05) is 0 Å². The van der Waals surface area contributed by atoms with Crippen LogP contribution in [0, 0.1) is 28.6 Å². The summed E-state index contributed by atoms with van der Waals surface area (Å²) >= 11 is 0. The Morgan fingerprint density at radius 3 is 2.17 bits per heavy atom. The summed E-state index contributed by atoms with van der Waals surface area (Å²) in [6, 6.07) is 11.7. The normalized spacial score (nSPS) is 15.2. The van der Waals surface area contributed by atoms with Gasteiger partial charge in [-0.1, -0.05) is 30.4 Å². The van der Waals surface area contributed by atoms with Crippen LogP contribution in [0.4, 0.5) is 0 Å². The zero-order valence-electron chi connectivity index (χ0n) is 12.2. The van der Waals surface area contributed by atoms with Crippen LogP contribution >= 0.6 is 0 Å². The van der Waals surface area contributed by atoms with Crippen molar-refractivity contribution in [2.45, 2.75) is 10.4 Å². The maximum atomic E-state index is 12.3. The van der Waals surface area contributed by atoms with E-state index < -0.39 is 22.0 Å². The summed E-state index contributed by atoms with van der Waals surface area (Å²) in [5.74, 6) is -0.478. The van der Waals surface area contributed by atoms with Gasteiger partial charge >= 0.3 is 0 Å². The highest BCUT2D eigenvalue weighted by Crippen LogP contribution is 2.23. The largest absolute Gasteiger partial charge is 0.392 e. The van der Waals surface area contributed by atoms with Gasteiger partial charge in [0.15, 0.2) is 9.84 Å². The van der Waals surface area contributed by atoms with Crippen molar-refractivity contribution in [1.82, 2.24) is 4.90 Å². The second kappa shape index (κ2) is 6.66. The van der Waals surface area contributed by atoms with Crippen LogP contribution in [0.1, 0.15) is 0 Å². The highest BCUT2D eigenvalue weighted by molar-refractivity contribution is 7.91. The fraction of sp³-hybridized carbons (Fsp3) is 0.250. The van der Waals surface area contributed by atoms with Crippen LogP contribution in [-0.4, -0.2) is 36.3 Å². The predicted octanol–water partition coefficient (Wildman–Crippen LogP) is 1.20. The third-order valence-electron chi connectivity index (χ3n) is 3.54. The number of nitriles is 2. The average molecular weight is 329 g/mol. The number of nitrogens with zero attached hydrogens (tertiary/aromatic N) is 3. The van der Waals surface area contributed by atoms with Crippen LogP contribution in [0.5, 0.6) is 0 Å². The van der Waals surface area contributed by atoms with Gasteiger partial charge in [0.25, 0.3) is 0 Å². The van der Waals surface area contributed by atoms with Crippen molar-refractivity contribution >= 4 is 9.84 Å². The molecule has 23 heavy (non-hydrogen) atoms. The fourth-order valence-corrected chi connectivity index (χ4v) is 3.65. The molecule has 6 nitrogen and oxygen atoms in total. The summed E-state index contributed by atoms with van der Waals surface area (Å²) in [5.41, 5.74) is -1.70. The van der Waals surface area contributed by atoms with E-state index >= 15 is 0 Å². The third kappa shape index (κ3) is 3.42. The fourth-order valence-electron chi connectivity index (χ4n) is 2.16. The first-order valence-electron chi connectivity index (χ1n) is 6.84. The number of sulfone groups is 1.